The van der Waals surface area contributed by atoms with Crippen molar-refractivity contribution in [2.75, 3.05) is 38.5 Å². The summed E-state index contributed by atoms with van der Waals surface area (Å²) in [6, 6.07) is 1.57. The highest BCUT2D eigenvalue weighted by molar-refractivity contribution is 6.33. The number of hydrogen-bond acceptors (Lipinski definition) is 5. The van der Waals surface area contributed by atoms with E-state index in [1.165, 1.54) is 0 Å². The molecule has 1 fully saturated rings. The van der Waals surface area contributed by atoms with E-state index in [9.17, 15) is 9.90 Å². The number of hydrogen-bond donors (Lipinski definition) is 3. The van der Waals surface area contributed by atoms with Crippen LogP contribution in [0.4, 0.5) is 5.69 Å². The molecule has 1 aromatic carbocycles. The van der Waals surface area contributed by atoms with Crippen molar-refractivity contribution in [3.8, 4) is 5.75 Å². The van der Waals surface area contributed by atoms with Crippen LogP contribution >= 0.6 is 11.6 Å². The number of rotatable bonds is 6. The summed E-state index contributed by atoms with van der Waals surface area (Å²) in [4.78, 5) is 14.9. The number of fused-ring (bicyclic) bond motifs is 1. The van der Waals surface area contributed by atoms with Gasteiger partial charge < -0.3 is 25.8 Å². The van der Waals surface area contributed by atoms with Crippen molar-refractivity contribution in [2.45, 2.75) is 38.7 Å². The van der Waals surface area contributed by atoms with Crippen LogP contribution in [-0.2, 0) is 6.42 Å². The maximum Gasteiger partial charge on any atom is 0.255 e. The van der Waals surface area contributed by atoms with Gasteiger partial charge in [-0.25, -0.2) is 0 Å². The lowest BCUT2D eigenvalue weighted by Crippen LogP contribution is -2.47. The number of unbranched alkanes of at least 4 members (excludes halogenated alkanes) is 1. The zero-order chi connectivity index (χ0) is 18.7. The molecule has 0 aromatic heterocycles. The van der Waals surface area contributed by atoms with Gasteiger partial charge in [0, 0.05) is 31.0 Å². The number of anilines is 1. The second-order valence-electron chi connectivity index (χ2n) is 7.21. The Kier molecular flexibility index (Phi) is 6.27. The van der Waals surface area contributed by atoms with Crippen molar-refractivity contribution < 1.29 is 14.6 Å². The minimum atomic E-state index is -0.419. The molecule has 2 aliphatic rings. The third-order valence-corrected chi connectivity index (χ3v) is 5.69. The summed E-state index contributed by atoms with van der Waals surface area (Å²) >= 11 is 6.17. The predicted octanol–water partition coefficient (Wildman–Crippen LogP) is 2.07. The summed E-state index contributed by atoms with van der Waals surface area (Å²) < 4.78 is 5.60. The van der Waals surface area contributed by atoms with Crippen molar-refractivity contribution >= 4 is 23.2 Å². The van der Waals surface area contributed by atoms with Gasteiger partial charge in [0.25, 0.3) is 5.91 Å². The van der Waals surface area contributed by atoms with Crippen LogP contribution < -0.4 is 15.8 Å². The molecule has 2 heterocycles. The van der Waals surface area contributed by atoms with Gasteiger partial charge in [-0.1, -0.05) is 24.9 Å². The highest BCUT2D eigenvalue weighted by Gasteiger charge is 2.29. The number of nitrogens with one attached hydrogen (secondary N) is 1. The van der Waals surface area contributed by atoms with Crippen molar-refractivity contribution in [3.05, 3.63) is 22.2 Å². The van der Waals surface area contributed by atoms with Crippen LogP contribution in [-0.4, -0.2) is 54.8 Å². The lowest BCUT2D eigenvalue weighted by atomic mass is 9.93. The number of nitrogens with two attached hydrogens (primary N) is 1. The molecular formula is C19H28ClN3O3. The third-order valence-electron chi connectivity index (χ3n) is 5.37. The molecule has 2 unspecified atom stereocenters. The standard InChI is InChI=1S/C19H28ClN3O3/c1-2-3-6-23-7-4-12(16(24)11-23)10-22-19(25)14-9-15(20)17(21)13-5-8-26-18(13)14/h9,12,16,24H,2-8,10-11,21H2,1H3,(H,22,25). The van der Waals surface area contributed by atoms with Crippen molar-refractivity contribution in [1.29, 1.82) is 0 Å². The van der Waals surface area contributed by atoms with Gasteiger partial charge in [0.1, 0.15) is 5.75 Å². The number of halogens is 1. The highest BCUT2D eigenvalue weighted by atomic mass is 35.5. The van der Waals surface area contributed by atoms with Crippen LogP contribution in [0.25, 0.3) is 0 Å². The average Bonchev–Trinajstić information content (AvgIpc) is 3.12. The zero-order valence-electron chi connectivity index (χ0n) is 15.3. The van der Waals surface area contributed by atoms with E-state index in [4.69, 9.17) is 22.1 Å². The molecule has 2 aliphatic heterocycles. The molecule has 2 atom stereocenters. The minimum Gasteiger partial charge on any atom is -0.492 e. The van der Waals surface area contributed by atoms with Gasteiger partial charge in [0.2, 0.25) is 0 Å². The summed E-state index contributed by atoms with van der Waals surface area (Å²) in [6.45, 7) is 5.78. The van der Waals surface area contributed by atoms with Crippen molar-refractivity contribution in [3.63, 3.8) is 0 Å². The Morgan fingerprint density at radius 3 is 3.08 bits per heavy atom. The molecule has 26 heavy (non-hydrogen) atoms. The second-order valence-corrected chi connectivity index (χ2v) is 7.61. The highest BCUT2D eigenvalue weighted by Crippen LogP contribution is 2.38. The number of carbonyl (C=O) groups is 1. The number of nitrogens with zero attached hydrogens (tertiary/aromatic N) is 1. The molecule has 0 aliphatic carbocycles. The molecular weight excluding hydrogens is 354 g/mol. The maximum atomic E-state index is 12.6. The van der Waals surface area contributed by atoms with E-state index in [2.05, 4.69) is 17.1 Å². The zero-order valence-corrected chi connectivity index (χ0v) is 16.0. The molecule has 0 radical (unpaired) electrons. The summed E-state index contributed by atoms with van der Waals surface area (Å²) in [5.74, 6) is 0.375. The molecule has 6 nitrogen and oxygen atoms in total. The quantitative estimate of drug-likeness (QED) is 0.656. The van der Waals surface area contributed by atoms with E-state index in [-0.39, 0.29) is 11.8 Å². The number of aliphatic hydroxyl groups is 1. The minimum absolute atomic E-state index is 0.0649. The second kappa shape index (κ2) is 8.46. The van der Waals surface area contributed by atoms with E-state index in [0.717, 1.165) is 37.9 Å². The molecule has 1 saturated heterocycles. The van der Waals surface area contributed by atoms with Crippen LogP contribution in [0.5, 0.6) is 5.75 Å². The van der Waals surface area contributed by atoms with Gasteiger partial charge >= 0.3 is 0 Å². The number of ether oxygens (including phenoxy) is 1. The normalized spacial score (nSPS) is 22.7. The predicted molar refractivity (Wildman–Crippen MR) is 103 cm³/mol. The summed E-state index contributed by atoms with van der Waals surface area (Å²) in [5, 5.41) is 13.7. The Hall–Kier alpha value is -1.50. The number of benzene rings is 1. The Labute approximate surface area is 159 Å². The topological polar surface area (TPSA) is 87.8 Å². The smallest absolute Gasteiger partial charge is 0.255 e. The van der Waals surface area contributed by atoms with Crippen LogP contribution in [0.1, 0.15) is 42.1 Å². The average molecular weight is 382 g/mol. The largest absolute Gasteiger partial charge is 0.492 e. The lowest BCUT2D eigenvalue weighted by molar-refractivity contribution is 0.0217. The summed E-state index contributed by atoms with van der Waals surface area (Å²) in [7, 11) is 0. The Bertz CT molecular complexity index is 668. The fraction of sp³-hybridized carbons (Fsp3) is 0.632. The van der Waals surface area contributed by atoms with Gasteiger partial charge in [-0.05, 0) is 32.0 Å². The first kappa shape index (κ1) is 19.3. The number of carbonyl (C=O) groups excluding carboxylic acids is 1. The number of aliphatic hydroxyl groups excluding tert-OH is 1. The van der Waals surface area contributed by atoms with Crippen molar-refractivity contribution in [1.82, 2.24) is 10.2 Å². The van der Waals surface area contributed by atoms with Gasteiger partial charge in [-0.2, -0.15) is 0 Å². The van der Waals surface area contributed by atoms with Crippen LogP contribution in [0.3, 0.4) is 0 Å². The number of likely N-dealkylation sites (tertiary alicyclic amines) is 1. The number of nitrogen functional groups attached to an aromatic ring is 1. The Balaban J connectivity index is 1.59. The molecule has 0 bridgehead atoms. The first-order valence-electron chi connectivity index (χ1n) is 9.43. The van der Waals surface area contributed by atoms with E-state index in [1.54, 1.807) is 6.07 Å². The van der Waals surface area contributed by atoms with Gasteiger partial charge in [0.05, 0.1) is 29.0 Å². The first-order chi connectivity index (χ1) is 12.5. The molecule has 144 valence electrons. The van der Waals surface area contributed by atoms with Gasteiger partial charge in [0.15, 0.2) is 0 Å². The Morgan fingerprint density at radius 1 is 1.54 bits per heavy atom. The molecule has 4 N–H and O–H groups in total. The SMILES string of the molecule is CCCCN1CCC(CNC(=O)c2cc(Cl)c(N)c3c2OCC3)C(O)C1. The van der Waals surface area contributed by atoms with Gasteiger partial charge in [-0.15, -0.1) is 0 Å². The fourth-order valence-corrected chi connectivity index (χ4v) is 3.95. The van der Waals surface area contributed by atoms with E-state index in [1.807, 2.05) is 0 Å². The summed E-state index contributed by atoms with van der Waals surface area (Å²) in [5.41, 5.74) is 7.70. The molecule has 3 rings (SSSR count). The van der Waals surface area contributed by atoms with Gasteiger partial charge in [-0.3, -0.25) is 4.79 Å². The Morgan fingerprint density at radius 2 is 2.35 bits per heavy atom. The van der Waals surface area contributed by atoms with E-state index >= 15 is 0 Å². The summed E-state index contributed by atoms with van der Waals surface area (Å²) in [6.07, 6.45) is 3.43. The monoisotopic (exact) mass is 381 g/mol. The van der Waals surface area contributed by atoms with Crippen molar-refractivity contribution in [2.24, 2.45) is 5.92 Å². The van der Waals surface area contributed by atoms with E-state index < -0.39 is 6.10 Å². The number of piperidine rings is 1. The number of β-amino-alcohol motifs (C(OH)–C–C–N with tert-alkyl or cyclic N) is 1. The van der Waals surface area contributed by atoms with Crippen LogP contribution in [0.15, 0.2) is 6.07 Å². The lowest BCUT2D eigenvalue weighted by Gasteiger charge is -2.36. The molecule has 0 spiro atoms. The molecule has 1 aromatic rings. The molecule has 0 saturated carbocycles. The van der Waals surface area contributed by atoms with E-state index in [0.29, 0.717) is 48.1 Å². The van der Waals surface area contributed by atoms with Crippen LogP contribution in [0.2, 0.25) is 5.02 Å². The maximum absolute atomic E-state index is 12.6. The molecule has 7 heteroatoms. The molecule has 1 amide bonds. The number of amides is 1. The third kappa shape index (κ3) is 4.08. The van der Waals surface area contributed by atoms with Crippen LogP contribution in [0, 0.1) is 5.92 Å². The fourth-order valence-electron chi connectivity index (χ4n) is 3.72. The first-order valence-corrected chi connectivity index (χ1v) is 9.81.